The third-order valence-electron chi connectivity index (χ3n) is 3.70. The molecule has 1 aliphatic rings. The lowest BCUT2D eigenvalue weighted by Crippen LogP contribution is -2.34. The number of hydrogen-bond acceptors (Lipinski definition) is 6. The molecule has 0 radical (unpaired) electrons. The average molecular weight is 330 g/mol. The third kappa shape index (κ3) is 2.42. The molecule has 0 unspecified atom stereocenters. The molecule has 0 spiro atoms. The number of aromatic nitrogens is 1. The predicted octanol–water partition coefficient (Wildman–Crippen LogP) is 3.47. The van der Waals surface area contributed by atoms with Gasteiger partial charge in [-0.2, -0.15) is 16.7 Å². The molecule has 0 N–H and O–H groups in total. The lowest BCUT2D eigenvalue weighted by Gasteiger charge is -2.25. The SMILES string of the molecule is O=c1nc(N2CCSCC2)oc2c(-c3ccccc3)csc12. The molecule has 4 rings (SSSR count). The summed E-state index contributed by atoms with van der Waals surface area (Å²) < 4.78 is 6.62. The third-order valence-corrected chi connectivity index (χ3v) is 5.59. The molecule has 0 amide bonds. The lowest BCUT2D eigenvalue weighted by molar-refractivity contribution is 0.555. The number of benzene rings is 1. The molecular formula is C16H14N2O2S2. The van der Waals surface area contributed by atoms with Crippen molar-refractivity contribution in [3.8, 4) is 11.1 Å². The van der Waals surface area contributed by atoms with E-state index in [0.717, 1.165) is 35.7 Å². The Kier molecular flexibility index (Phi) is 3.63. The quantitative estimate of drug-likeness (QED) is 0.720. The molecule has 3 aromatic rings. The average Bonchev–Trinajstić information content (AvgIpc) is 3.01. The van der Waals surface area contributed by atoms with Crippen molar-refractivity contribution in [1.82, 2.24) is 4.98 Å². The van der Waals surface area contributed by atoms with Gasteiger partial charge < -0.3 is 9.32 Å². The van der Waals surface area contributed by atoms with Gasteiger partial charge in [0, 0.05) is 35.5 Å². The fourth-order valence-electron chi connectivity index (χ4n) is 2.55. The lowest BCUT2D eigenvalue weighted by atomic mass is 10.1. The Morgan fingerprint density at radius 1 is 1.14 bits per heavy atom. The molecule has 1 aliphatic heterocycles. The molecule has 1 saturated heterocycles. The van der Waals surface area contributed by atoms with E-state index in [1.165, 1.54) is 11.3 Å². The summed E-state index contributed by atoms with van der Waals surface area (Å²) in [5, 5.41) is 1.97. The van der Waals surface area contributed by atoms with Crippen molar-refractivity contribution in [2.75, 3.05) is 29.5 Å². The molecule has 3 heterocycles. The van der Waals surface area contributed by atoms with Gasteiger partial charge in [-0.25, -0.2) is 0 Å². The van der Waals surface area contributed by atoms with E-state index in [4.69, 9.17) is 4.42 Å². The molecular weight excluding hydrogens is 316 g/mol. The number of hydrogen-bond donors (Lipinski definition) is 0. The van der Waals surface area contributed by atoms with Gasteiger partial charge in [0.25, 0.3) is 5.56 Å². The Morgan fingerprint density at radius 3 is 2.68 bits per heavy atom. The summed E-state index contributed by atoms with van der Waals surface area (Å²) in [4.78, 5) is 18.5. The molecule has 1 fully saturated rings. The van der Waals surface area contributed by atoms with Gasteiger partial charge in [0.2, 0.25) is 0 Å². The number of anilines is 1. The molecule has 112 valence electrons. The van der Waals surface area contributed by atoms with E-state index in [1.807, 2.05) is 47.5 Å². The van der Waals surface area contributed by atoms with Crippen LogP contribution in [0.25, 0.3) is 21.4 Å². The van der Waals surface area contributed by atoms with E-state index < -0.39 is 0 Å². The zero-order valence-electron chi connectivity index (χ0n) is 11.8. The molecule has 4 nitrogen and oxygen atoms in total. The minimum absolute atomic E-state index is 0.193. The van der Waals surface area contributed by atoms with E-state index in [1.54, 1.807) is 0 Å². The van der Waals surface area contributed by atoms with Gasteiger partial charge >= 0.3 is 6.01 Å². The highest BCUT2D eigenvalue weighted by atomic mass is 32.2. The fourth-order valence-corrected chi connectivity index (χ4v) is 4.34. The van der Waals surface area contributed by atoms with Gasteiger partial charge in [0.15, 0.2) is 5.58 Å². The van der Waals surface area contributed by atoms with Gasteiger partial charge in [-0.15, -0.1) is 11.3 Å². The minimum Gasteiger partial charge on any atom is -0.423 e. The Morgan fingerprint density at radius 2 is 1.91 bits per heavy atom. The number of fused-ring (bicyclic) bond motifs is 1. The smallest absolute Gasteiger partial charge is 0.301 e. The van der Waals surface area contributed by atoms with Gasteiger partial charge in [-0.1, -0.05) is 30.3 Å². The monoisotopic (exact) mass is 330 g/mol. The van der Waals surface area contributed by atoms with Crippen LogP contribution in [0.2, 0.25) is 0 Å². The second-order valence-electron chi connectivity index (χ2n) is 5.07. The molecule has 2 aromatic heterocycles. The highest BCUT2D eigenvalue weighted by Gasteiger charge is 2.19. The second kappa shape index (κ2) is 5.78. The van der Waals surface area contributed by atoms with Crippen LogP contribution in [0.3, 0.4) is 0 Å². The summed E-state index contributed by atoms with van der Waals surface area (Å²) in [6, 6.07) is 10.5. The standard InChI is InChI=1S/C16H14N2O2S2/c19-15-14-13(12(10-22-14)11-4-2-1-3-5-11)20-16(17-15)18-6-8-21-9-7-18/h1-5,10H,6-9H2. The maximum Gasteiger partial charge on any atom is 0.301 e. The highest BCUT2D eigenvalue weighted by molar-refractivity contribution is 7.99. The van der Waals surface area contributed by atoms with Crippen molar-refractivity contribution < 1.29 is 4.42 Å². The van der Waals surface area contributed by atoms with Crippen molar-refractivity contribution in [2.45, 2.75) is 0 Å². The molecule has 0 atom stereocenters. The van der Waals surface area contributed by atoms with Crippen LogP contribution < -0.4 is 10.5 Å². The topological polar surface area (TPSA) is 46.3 Å². The summed E-state index contributed by atoms with van der Waals surface area (Å²) >= 11 is 3.32. The van der Waals surface area contributed by atoms with Crippen LogP contribution in [-0.4, -0.2) is 29.6 Å². The van der Waals surface area contributed by atoms with E-state index in [9.17, 15) is 4.79 Å². The van der Waals surface area contributed by atoms with Crippen molar-refractivity contribution in [2.24, 2.45) is 0 Å². The Bertz CT molecular complexity index is 851. The molecule has 22 heavy (non-hydrogen) atoms. The summed E-state index contributed by atoms with van der Waals surface area (Å²) in [5.41, 5.74) is 2.49. The second-order valence-corrected chi connectivity index (χ2v) is 7.18. The fraction of sp³-hybridized carbons (Fsp3) is 0.250. The first-order valence-electron chi connectivity index (χ1n) is 7.13. The number of nitrogens with zero attached hydrogens (tertiary/aromatic N) is 2. The van der Waals surface area contributed by atoms with E-state index in [2.05, 4.69) is 9.88 Å². The first-order chi connectivity index (χ1) is 10.8. The predicted molar refractivity (Wildman–Crippen MR) is 93.1 cm³/mol. The Labute approximate surface area is 135 Å². The Balaban J connectivity index is 1.86. The van der Waals surface area contributed by atoms with Crippen LogP contribution in [0.5, 0.6) is 0 Å². The summed E-state index contributed by atoms with van der Waals surface area (Å²) in [6.07, 6.45) is 0. The van der Waals surface area contributed by atoms with Gasteiger partial charge in [-0.3, -0.25) is 4.79 Å². The number of thioether (sulfide) groups is 1. The largest absolute Gasteiger partial charge is 0.423 e. The highest BCUT2D eigenvalue weighted by Crippen LogP contribution is 2.33. The van der Waals surface area contributed by atoms with Gasteiger partial charge in [-0.05, 0) is 5.56 Å². The van der Waals surface area contributed by atoms with Crippen molar-refractivity contribution in [1.29, 1.82) is 0 Å². The molecule has 0 saturated carbocycles. The first-order valence-corrected chi connectivity index (χ1v) is 9.17. The van der Waals surface area contributed by atoms with E-state index >= 15 is 0 Å². The van der Waals surface area contributed by atoms with E-state index in [-0.39, 0.29) is 5.56 Å². The Hall–Kier alpha value is -1.79. The van der Waals surface area contributed by atoms with Crippen LogP contribution in [0.1, 0.15) is 0 Å². The summed E-state index contributed by atoms with van der Waals surface area (Å²) in [5.74, 6) is 2.08. The van der Waals surface area contributed by atoms with Crippen LogP contribution in [-0.2, 0) is 0 Å². The maximum atomic E-state index is 12.3. The molecule has 6 heteroatoms. The zero-order valence-corrected chi connectivity index (χ0v) is 13.5. The molecule has 1 aromatic carbocycles. The van der Waals surface area contributed by atoms with Crippen molar-refractivity contribution >= 4 is 39.4 Å². The van der Waals surface area contributed by atoms with Crippen LogP contribution in [0.15, 0.2) is 44.9 Å². The zero-order chi connectivity index (χ0) is 14.9. The van der Waals surface area contributed by atoms with Gasteiger partial charge in [0.05, 0.1) is 0 Å². The summed E-state index contributed by atoms with van der Waals surface area (Å²) in [6.45, 7) is 1.74. The number of rotatable bonds is 2. The summed E-state index contributed by atoms with van der Waals surface area (Å²) in [7, 11) is 0. The maximum absolute atomic E-state index is 12.3. The number of thiophene rings is 1. The van der Waals surface area contributed by atoms with Crippen LogP contribution in [0.4, 0.5) is 6.01 Å². The normalized spacial score (nSPS) is 15.4. The van der Waals surface area contributed by atoms with Crippen LogP contribution in [0, 0.1) is 0 Å². The van der Waals surface area contributed by atoms with Crippen molar-refractivity contribution in [3.05, 3.63) is 46.1 Å². The molecule has 0 aliphatic carbocycles. The first kappa shape index (κ1) is 13.8. The molecule has 0 bridgehead atoms. The van der Waals surface area contributed by atoms with Crippen molar-refractivity contribution in [3.63, 3.8) is 0 Å². The minimum atomic E-state index is -0.193. The van der Waals surface area contributed by atoms with Crippen LogP contribution >= 0.6 is 23.1 Å². The van der Waals surface area contributed by atoms with E-state index in [0.29, 0.717) is 16.3 Å². The van der Waals surface area contributed by atoms with Gasteiger partial charge in [0.1, 0.15) is 4.70 Å².